The maximum absolute atomic E-state index is 12.7. The van der Waals surface area contributed by atoms with Crippen molar-refractivity contribution in [3.63, 3.8) is 0 Å². The van der Waals surface area contributed by atoms with Crippen LogP contribution in [-0.2, 0) is 9.53 Å². The third kappa shape index (κ3) is 4.89. The Labute approximate surface area is 178 Å². The van der Waals surface area contributed by atoms with Crippen molar-refractivity contribution in [3.05, 3.63) is 54.2 Å². The van der Waals surface area contributed by atoms with Gasteiger partial charge in [0.15, 0.2) is 11.9 Å². The van der Waals surface area contributed by atoms with Gasteiger partial charge in [0, 0.05) is 25.8 Å². The minimum Gasteiger partial charge on any atom is -0.464 e. The molecule has 1 aromatic carbocycles. The van der Waals surface area contributed by atoms with Crippen LogP contribution in [-0.4, -0.2) is 52.1 Å². The van der Waals surface area contributed by atoms with Gasteiger partial charge in [-0.15, -0.1) is 10.2 Å². The average molecular weight is 427 g/mol. The largest absolute Gasteiger partial charge is 0.464 e. The first kappa shape index (κ1) is 20.2. The summed E-state index contributed by atoms with van der Waals surface area (Å²) in [7, 11) is 0. The topological polar surface area (TPSA) is 102 Å². The highest BCUT2D eigenvalue weighted by molar-refractivity contribution is 7.17. The lowest BCUT2D eigenvalue weighted by Gasteiger charge is -2.16. The van der Waals surface area contributed by atoms with Crippen molar-refractivity contribution in [1.82, 2.24) is 20.4 Å². The van der Waals surface area contributed by atoms with E-state index in [1.807, 2.05) is 49.4 Å². The molecule has 1 aliphatic heterocycles. The number of benzene rings is 1. The second-order valence-corrected chi connectivity index (χ2v) is 7.60. The first-order valence-electron chi connectivity index (χ1n) is 9.73. The molecular formula is C20H22N6O3S. The number of nitrogens with one attached hydrogen (secondary N) is 1. The van der Waals surface area contributed by atoms with E-state index in [1.54, 1.807) is 6.20 Å². The summed E-state index contributed by atoms with van der Waals surface area (Å²) in [5, 5.41) is 19.7. The summed E-state index contributed by atoms with van der Waals surface area (Å²) in [6.07, 6.45) is 1.76. The molecule has 1 amide bonds. The van der Waals surface area contributed by atoms with Gasteiger partial charge in [-0.1, -0.05) is 35.4 Å². The van der Waals surface area contributed by atoms with Crippen LogP contribution in [0.2, 0.25) is 0 Å². The molecule has 1 aliphatic rings. The van der Waals surface area contributed by atoms with Crippen molar-refractivity contribution >= 4 is 28.2 Å². The second-order valence-electron chi connectivity index (χ2n) is 6.66. The number of ether oxygens (including phenoxy) is 2. The van der Waals surface area contributed by atoms with Crippen LogP contribution in [0.4, 0.5) is 10.9 Å². The molecule has 4 rings (SSSR count). The zero-order valence-electron chi connectivity index (χ0n) is 16.5. The van der Waals surface area contributed by atoms with E-state index in [-0.39, 0.29) is 12.0 Å². The van der Waals surface area contributed by atoms with E-state index < -0.39 is 6.10 Å². The molecule has 9 nitrogen and oxygen atoms in total. The van der Waals surface area contributed by atoms with Gasteiger partial charge >= 0.3 is 0 Å². The van der Waals surface area contributed by atoms with E-state index in [1.165, 1.54) is 11.3 Å². The molecule has 0 aliphatic carbocycles. The number of anilines is 2. The number of hydrogen-bond donors (Lipinski definition) is 1. The number of nitrogens with zero attached hydrogens (tertiary/aromatic N) is 5. The molecule has 2 aromatic heterocycles. The molecule has 2 atom stereocenters. The molecular weight excluding hydrogens is 404 g/mol. The minimum atomic E-state index is -0.708. The first-order valence-corrected chi connectivity index (χ1v) is 10.5. The molecule has 30 heavy (non-hydrogen) atoms. The van der Waals surface area contributed by atoms with Gasteiger partial charge in [-0.3, -0.25) is 10.1 Å². The highest BCUT2D eigenvalue weighted by Crippen LogP contribution is 2.28. The number of rotatable bonds is 8. The maximum Gasteiger partial charge on any atom is 0.296 e. The molecule has 0 bridgehead atoms. The van der Waals surface area contributed by atoms with Gasteiger partial charge in [-0.2, -0.15) is 5.10 Å². The summed E-state index contributed by atoms with van der Waals surface area (Å²) in [5.41, 5.74) is 0.785. The minimum absolute atomic E-state index is 0.0241. The molecule has 3 aromatic rings. The standard InChI is InChI=1S/C20H22N6O3S/c1-2-28-17(14-7-4-3-5-8-14)18(27)22-19-24-25-20(30-19)29-15-10-12-26(13-15)16-9-6-11-21-23-16/h3-9,11,15,17H,2,10,12-13H2,1H3,(H,22,24,27)/t15-,17+/m1/s1. The van der Waals surface area contributed by atoms with Crippen molar-refractivity contribution in [2.24, 2.45) is 0 Å². The van der Waals surface area contributed by atoms with E-state index in [2.05, 4.69) is 30.6 Å². The van der Waals surface area contributed by atoms with Crippen molar-refractivity contribution in [1.29, 1.82) is 0 Å². The van der Waals surface area contributed by atoms with Gasteiger partial charge in [0.05, 0.1) is 6.54 Å². The van der Waals surface area contributed by atoms with Gasteiger partial charge in [-0.05, 0) is 36.0 Å². The van der Waals surface area contributed by atoms with Crippen LogP contribution >= 0.6 is 11.3 Å². The van der Waals surface area contributed by atoms with E-state index in [9.17, 15) is 4.79 Å². The Morgan fingerprint density at radius 2 is 2.10 bits per heavy atom. The Hall–Kier alpha value is -3.11. The highest BCUT2D eigenvalue weighted by Gasteiger charge is 2.27. The molecule has 10 heteroatoms. The number of amides is 1. The lowest BCUT2D eigenvalue weighted by Crippen LogP contribution is -2.25. The smallest absolute Gasteiger partial charge is 0.296 e. The van der Waals surface area contributed by atoms with Crippen LogP contribution in [0.25, 0.3) is 0 Å². The van der Waals surface area contributed by atoms with Crippen LogP contribution in [0.15, 0.2) is 48.7 Å². The summed E-state index contributed by atoms with van der Waals surface area (Å²) in [6.45, 7) is 3.80. The molecule has 1 saturated heterocycles. The Morgan fingerprint density at radius 3 is 2.87 bits per heavy atom. The SMILES string of the molecule is CCO[C@H](C(=O)Nc1nnc(O[C@@H]2CCN(c3cccnn3)C2)s1)c1ccccc1. The van der Waals surface area contributed by atoms with Crippen LogP contribution in [0.5, 0.6) is 5.19 Å². The van der Waals surface area contributed by atoms with Crippen LogP contribution in [0.1, 0.15) is 25.0 Å². The zero-order chi connectivity index (χ0) is 20.8. The summed E-state index contributed by atoms with van der Waals surface area (Å²) in [5.74, 6) is 0.539. The second kappa shape index (κ2) is 9.59. The van der Waals surface area contributed by atoms with Crippen LogP contribution < -0.4 is 15.0 Å². The predicted octanol–water partition coefficient (Wildman–Crippen LogP) is 2.70. The van der Waals surface area contributed by atoms with Crippen LogP contribution in [0.3, 0.4) is 0 Å². The Kier molecular flexibility index (Phi) is 6.45. The molecule has 1 N–H and O–H groups in total. The van der Waals surface area contributed by atoms with E-state index in [0.29, 0.717) is 23.5 Å². The Balaban J connectivity index is 1.34. The van der Waals surface area contributed by atoms with Gasteiger partial charge in [0.2, 0.25) is 5.13 Å². The molecule has 1 fully saturated rings. The summed E-state index contributed by atoms with van der Waals surface area (Å²) < 4.78 is 11.6. The normalized spacial score (nSPS) is 17.0. The van der Waals surface area contributed by atoms with Gasteiger partial charge in [0.1, 0.15) is 6.10 Å². The van der Waals surface area contributed by atoms with Crippen molar-refractivity contribution in [2.45, 2.75) is 25.6 Å². The molecule has 0 radical (unpaired) electrons. The lowest BCUT2D eigenvalue weighted by molar-refractivity contribution is -0.127. The zero-order valence-corrected chi connectivity index (χ0v) is 17.3. The number of carbonyl (C=O) groups is 1. The third-order valence-corrected chi connectivity index (χ3v) is 5.33. The highest BCUT2D eigenvalue weighted by atomic mass is 32.1. The molecule has 3 heterocycles. The fourth-order valence-corrected chi connectivity index (χ4v) is 3.90. The Morgan fingerprint density at radius 1 is 1.23 bits per heavy atom. The predicted molar refractivity (Wildman–Crippen MR) is 113 cm³/mol. The first-order chi connectivity index (χ1) is 14.7. The van der Waals surface area contributed by atoms with E-state index in [0.717, 1.165) is 24.3 Å². The Bertz CT molecular complexity index is 955. The summed E-state index contributed by atoms with van der Waals surface area (Å²) >= 11 is 1.20. The lowest BCUT2D eigenvalue weighted by atomic mass is 10.1. The van der Waals surface area contributed by atoms with Crippen molar-refractivity contribution in [2.75, 3.05) is 29.9 Å². The number of aromatic nitrogens is 4. The number of carbonyl (C=O) groups excluding carboxylic acids is 1. The van der Waals surface area contributed by atoms with Crippen molar-refractivity contribution in [3.8, 4) is 5.19 Å². The molecule has 156 valence electrons. The summed E-state index contributed by atoms with van der Waals surface area (Å²) in [4.78, 5) is 14.8. The quantitative estimate of drug-likeness (QED) is 0.587. The monoisotopic (exact) mass is 426 g/mol. The maximum atomic E-state index is 12.7. The van der Waals surface area contributed by atoms with E-state index >= 15 is 0 Å². The average Bonchev–Trinajstić information content (AvgIpc) is 3.43. The van der Waals surface area contributed by atoms with E-state index in [4.69, 9.17) is 9.47 Å². The summed E-state index contributed by atoms with van der Waals surface area (Å²) in [6, 6.07) is 13.1. The number of hydrogen-bond acceptors (Lipinski definition) is 9. The van der Waals surface area contributed by atoms with Gasteiger partial charge in [-0.25, -0.2) is 0 Å². The third-order valence-electron chi connectivity index (χ3n) is 4.61. The fraction of sp³-hybridized carbons (Fsp3) is 0.350. The van der Waals surface area contributed by atoms with Gasteiger partial charge < -0.3 is 14.4 Å². The fourth-order valence-electron chi connectivity index (χ4n) is 3.23. The molecule has 0 spiro atoms. The van der Waals surface area contributed by atoms with Crippen LogP contribution in [0, 0.1) is 0 Å². The van der Waals surface area contributed by atoms with Gasteiger partial charge in [0.25, 0.3) is 11.1 Å². The molecule has 0 unspecified atom stereocenters. The molecule has 0 saturated carbocycles. The van der Waals surface area contributed by atoms with Crippen molar-refractivity contribution < 1.29 is 14.3 Å².